The zero-order chi connectivity index (χ0) is 17.1. The number of aryl methyl sites for hydroxylation is 1. The van der Waals surface area contributed by atoms with Gasteiger partial charge in [-0.1, -0.05) is 17.3 Å². The van der Waals surface area contributed by atoms with Crippen molar-refractivity contribution in [3.8, 4) is 0 Å². The highest BCUT2D eigenvalue weighted by atomic mass is 16.5. The van der Waals surface area contributed by atoms with Crippen LogP contribution in [-0.2, 0) is 17.8 Å². The van der Waals surface area contributed by atoms with E-state index in [4.69, 9.17) is 4.52 Å². The van der Waals surface area contributed by atoms with Gasteiger partial charge in [0.1, 0.15) is 0 Å². The van der Waals surface area contributed by atoms with Crippen LogP contribution in [-0.4, -0.2) is 34.0 Å². The Bertz CT molecular complexity index is 715. The van der Waals surface area contributed by atoms with Crippen LogP contribution in [0.3, 0.4) is 0 Å². The first kappa shape index (κ1) is 16.1. The number of carbonyl (C=O) groups is 1. The minimum atomic E-state index is 0.280. The van der Waals surface area contributed by atoms with E-state index in [1.165, 1.54) is 18.4 Å². The third kappa shape index (κ3) is 4.18. The lowest BCUT2D eigenvalue weighted by atomic mass is 10.1. The molecule has 132 valence electrons. The van der Waals surface area contributed by atoms with E-state index in [2.05, 4.69) is 27.6 Å². The number of aromatic nitrogens is 2. The summed E-state index contributed by atoms with van der Waals surface area (Å²) in [4.78, 5) is 18.5. The van der Waals surface area contributed by atoms with Gasteiger partial charge in [-0.25, -0.2) is 0 Å². The van der Waals surface area contributed by atoms with Crippen molar-refractivity contribution in [2.75, 3.05) is 18.4 Å². The number of benzene rings is 1. The molecular weight excluding hydrogens is 316 g/mol. The summed E-state index contributed by atoms with van der Waals surface area (Å²) in [6, 6.07) is 8.22. The van der Waals surface area contributed by atoms with Crippen molar-refractivity contribution in [2.45, 2.75) is 51.0 Å². The minimum absolute atomic E-state index is 0.280. The number of anilines is 1. The van der Waals surface area contributed by atoms with Crippen LogP contribution in [0.25, 0.3) is 0 Å². The van der Waals surface area contributed by atoms with Crippen LogP contribution < -0.4 is 5.32 Å². The summed E-state index contributed by atoms with van der Waals surface area (Å²) in [7, 11) is 0. The van der Waals surface area contributed by atoms with E-state index in [-0.39, 0.29) is 5.91 Å². The predicted octanol–water partition coefficient (Wildman–Crippen LogP) is 3.11. The lowest BCUT2D eigenvalue weighted by molar-refractivity contribution is -0.130. The number of amides is 1. The Hall–Kier alpha value is -2.37. The van der Waals surface area contributed by atoms with Crippen molar-refractivity contribution in [2.24, 2.45) is 0 Å². The van der Waals surface area contributed by atoms with Gasteiger partial charge < -0.3 is 14.7 Å². The van der Waals surface area contributed by atoms with Crippen LogP contribution in [0.2, 0.25) is 0 Å². The number of rotatable bonds is 7. The molecule has 6 heteroatoms. The number of hydrogen-bond donors (Lipinski definition) is 1. The first-order valence-electron chi connectivity index (χ1n) is 9.21. The first-order chi connectivity index (χ1) is 12.3. The molecular formula is C19H24N4O2. The second-order valence-corrected chi connectivity index (χ2v) is 6.96. The fourth-order valence-electron chi connectivity index (χ4n) is 3.19. The lowest BCUT2D eigenvalue weighted by Gasteiger charge is -2.15. The zero-order valence-corrected chi connectivity index (χ0v) is 14.4. The number of carbonyl (C=O) groups excluding carboxylic acids is 1. The molecule has 4 rings (SSSR count). The molecule has 2 fully saturated rings. The number of nitrogens with zero attached hydrogens (tertiary/aromatic N) is 3. The van der Waals surface area contributed by atoms with E-state index >= 15 is 0 Å². The fourth-order valence-corrected chi connectivity index (χ4v) is 3.19. The topological polar surface area (TPSA) is 71.3 Å². The molecule has 1 amide bonds. The molecule has 2 aromatic rings. The van der Waals surface area contributed by atoms with Gasteiger partial charge in [-0.15, -0.1) is 0 Å². The van der Waals surface area contributed by atoms with Gasteiger partial charge in [0, 0.05) is 31.1 Å². The van der Waals surface area contributed by atoms with Gasteiger partial charge in [-0.2, -0.15) is 4.98 Å². The normalized spacial score (nSPS) is 17.0. The predicted molar refractivity (Wildman–Crippen MR) is 94.2 cm³/mol. The molecule has 2 heterocycles. The smallest absolute Gasteiger partial charge is 0.245 e. The summed E-state index contributed by atoms with van der Waals surface area (Å²) in [6.07, 6.45) is 6.04. The van der Waals surface area contributed by atoms with Crippen molar-refractivity contribution < 1.29 is 9.32 Å². The molecule has 25 heavy (non-hydrogen) atoms. The molecule has 0 unspecified atom stereocenters. The monoisotopic (exact) mass is 340 g/mol. The van der Waals surface area contributed by atoms with Gasteiger partial charge in [-0.3, -0.25) is 4.79 Å². The van der Waals surface area contributed by atoms with E-state index in [1.807, 2.05) is 17.0 Å². The molecule has 1 saturated heterocycles. The van der Waals surface area contributed by atoms with Gasteiger partial charge in [-0.05, 0) is 49.8 Å². The van der Waals surface area contributed by atoms with Crippen LogP contribution in [0, 0.1) is 0 Å². The highest BCUT2D eigenvalue weighted by Gasteiger charge is 2.28. The average molecular weight is 340 g/mol. The summed E-state index contributed by atoms with van der Waals surface area (Å²) in [6.45, 7) is 2.40. The van der Waals surface area contributed by atoms with E-state index in [1.54, 1.807) is 0 Å². The van der Waals surface area contributed by atoms with Crippen molar-refractivity contribution in [3.05, 3.63) is 41.5 Å². The number of hydrogen-bond acceptors (Lipinski definition) is 5. The van der Waals surface area contributed by atoms with Crippen molar-refractivity contribution in [1.82, 2.24) is 15.0 Å². The number of nitrogens with one attached hydrogen (secondary N) is 1. The standard InChI is InChI=1S/C19H24N4O2/c24-18(23-11-1-2-12-23)10-5-14-3-8-16(9-4-14)20-13-17-21-19(22-25-17)15-6-7-15/h3-4,8-9,15,20H,1-2,5-7,10-13H2. The van der Waals surface area contributed by atoms with Gasteiger partial charge in [0.2, 0.25) is 11.8 Å². The lowest BCUT2D eigenvalue weighted by Crippen LogP contribution is -2.27. The molecule has 2 aliphatic rings. The van der Waals surface area contributed by atoms with Crippen molar-refractivity contribution in [1.29, 1.82) is 0 Å². The van der Waals surface area contributed by atoms with E-state index in [0.29, 0.717) is 24.8 Å². The maximum Gasteiger partial charge on any atom is 0.245 e. The van der Waals surface area contributed by atoms with Crippen molar-refractivity contribution >= 4 is 11.6 Å². The minimum Gasteiger partial charge on any atom is -0.376 e. The summed E-state index contributed by atoms with van der Waals surface area (Å²) in [5.41, 5.74) is 2.20. The summed E-state index contributed by atoms with van der Waals surface area (Å²) in [5.74, 6) is 2.26. The van der Waals surface area contributed by atoms with Gasteiger partial charge in [0.25, 0.3) is 0 Å². The van der Waals surface area contributed by atoms with Crippen LogP contribution in [0.1, 0.15) is 55.3 Å². The molecule has 0 atom stereocenters. The fraction of sp³-hybridized carbons (Fsp3) is 0.526. The average Bonchev–Trinajstić information content (AvgIpc) is 3.14. The largest absolute Gasteiger partial charge is 0.376 e. The molecule has 1 N–H and O–H groups in total. The highest BCUT2D eigenvalue weighted by molar-refractivity contribution is 5.76. The molecule has 0 radical (unpaired) electrons. The van der Waals surface area contributed by atoms with Gasteiger partial charge in [0.05, 0.1) is 6.54 Å². The Labute approximate surface area is 147 Å². The van der Waals surface area contributed by atoms with E-state index in [0.717, 1.165) is 43.9 Å². The van der Waals surface area contributed by atoms with Gasteiger partial charge >= 0.3 is 0 Å². The van der Waals surface area contributed by atoms with E-state index in [9.17, 15) is 4.79 Å². The Kier molecular flexibility index (Phi) is 4.68. The second kappa shape index (κ2) is 7.25. The zero-order valence-electron chi connectivity index (χ0n) is 14.4. The second-order valence-electron chi connectivity index (χ2n) is 6.96. The summed E-state index contributed by atoms with van der Waals surface area (Å²) < 4.78 is 5.26. The Balaban J connectivity index is 1.24. The van der Waals surface area contributed by atoms with Gasteiger partial charge in [0.15, 0.2) is 5.82 Å². The van der Waals surface area contributed by atoms with Crippen molar-refractivity contribution in [3.63, 3.8) is 0 Å². The molecule has 1 aliphatic carbocycles. The molecule has 6 nitrogen and oxygen atoms in total. The molecule has 0 bridgehead atoms. The Morgan fingerprint density at radius 3 is 2.68 bits per heavy atom. The quantitative estimate of drug-likeness (QED) is 0.838. The molecule has 1 aromatic carbocycles. The maximum absolute atomic E-state index is 12.1. The third-order valence-electron chi connectivity index (χ3n) is 4.91. The SMILES string of the molecule is O=C(CCc1ccc(NCc2nc(C3CC3)no2)cc1)N1CCCC1. The molecule has 1 aromatic heterocycles. The maximum atomic E-state index is 12.1. The highest BCUT2D eigenvalue weighted by Crippen LogP contribution is 2.38. The van der Waals surface area contributed by atoms with Crippen LogP contribution in [0.5, 0.6) is 0 Å². The molecule has 1 saturated carbocycles. The van der Waals surface area contributed by atoms with E-state index < -0.39 is 0 Å². The van der Waals surface area contributed by atoms with Crippen LogP contribution >= 0.6 is 0 Å². The Morgan fingerprint density at radius 2 is 1.96 bits per heavy atom. The van der Waals surface area contributed by atoms with Crippen LogP contribution in [0.4, 0.5) is 5.69 Å². The molecule has 0 spiro atoms. The first-order valence-corrected chi connectivity index (χ1v) is 9.21. The Morgan fingerprint density at radius 1 is 1.20 bits per heavy atom. The third-order valence-corrected chi connectivity index (χ3v) is 4.91. The van der Waals surface area contributed by atoms with Crippen LogP contribution in [0.15, 0.2) is 28.8 Å². The number of likely N-dealkylation sites (tertiary alicyclic amines) is 1. The summed E-state index contributed by atoms with van der Waals surface area (Å²) >= 11 is 0. The summed E-state index contributed by atoms with van der Waals surface area (Å²) in [5, 5.41) is 7.32. The molecule has 1 aliphatic heterocycles.